The summed E-state index contributed by atoms with van der Waals surface area (Å²) in [5.41, 5.74) is 4.93. The normalized spacial score (nSPS) is 15.0. The molecule has 0 spiro atoms. The van der Waals surface area contributed by atoms with Gasteiger partial charge in [-0.3, -0.25) is 9.78 Å². The number of carbonyl (C=O) groups is 1. The Morgan fingerprint density at radius 3 is 2.65 bits per heavy atom. The lowest BCUT2D eigenvalue weighted by Gasteiger charge is -2.18. The van der Waals surface area contributed by atoms with E-state index in [-0.39, 0.29) is 5.78 Å². The third-order valence-corrected chi connectivity index (χ3v) is 4.45. The number of allylic oxidation sites excluding steroid dienone is 1. The fourth-order valence-electron chi connectivity index (χ4n) is 3.11. The van der Waals surface area contributed by atoms with Crippen LogP contribution < -0.4 is 4.74 Å². The molecular weight excluding hydrogens is 324 g/mol. The van der Waals surface area contributed by atoms with Gasteiger partial charge in [-0.15, -0.1) is 0 Å². The van der Waals surface area contributed by atoms with Crippen LogP contribution in [0.3, 0.4) is 0 Å². The van der Waals surface area contributed by atoms with Crippen LogP contribution in [-0.4, -0.2) is 15.8 Å². The van der Waals surface area contributed by atoms with E-state index in [1.165, 1.54) is 0 Å². The van der Waals surface area contributed by atoms with E-state index < -0.39 is 0 Å². The van der Waals surface area contributed by atoms with Gasteiger partial charge < -0.3 is 4.74 Å². The Morgan fingerprint density at radius 1 is 1.04 bits per heavy atom. The smallest absolute Gasteiger partial charge is 0.237 e. The lowest BCUT2D eigenvalue weighted by atomic mass is 9.85. The predicted molar refractivity (Wildman–Crippen MR) is 100 cm³/mol. The summed E-state index contributed by atoms with van der Waals surface area (Å²) in [5.74, 6) is 1.27. The summed E-state index contributed by atoms with van der Waals surface area (Å²) >= 11 is 0. The number of ether oxygens (including phenoxy) is 1. The molecule has 3 aromatic rings. The van der Waals surface area contributed by atoms with Crippen molar-refractivity contribution >= 4 is 11.9 Å². The summed E-state index contributed by atoms with van der Waals surface area (Å²) in [7, 11) is 0. The average molecular weight is 342 g/mol. The summed E-state index contributed by atoms with van der Waals surface area (Å²) in [6, 6.07) is 13.7. The van der Waals surface area contributed by atoms with Crippen LogP contribution in [0.5, 0.6) is 11.6 Å². The van der Waals surface area contributed by atoms with Gasteiger partial charge in [-0.25, -0.2) is 4.98 Å². The molecule has 128 valence electrons. The third-order valence-electron chi connectivity index (χ3n) is 4.45. The fraction of sp³-hybridized carbons (Fsp3) is 0.136. The Labute approximate surface area is 152 Å². The van der Waals surface area contributed by atoms with Crippen molar-refractivity contribution in [3.63, 3.8) is 0 Å². The number of hydrogen-bond donors (Lipinski definition) is 0. The molecule has 0 bridgehead atoms. The van der Waals surface area contributed by atoms with E-state index in [9.17, 15) is 4.79 Å². The van der Waals surface area contributed by atoms with Crippen molar-refractivity contribution in [1.82, 2.24) is 9.97 Å². The lowest BCUT2D eigenvalue weighted by molar-refractivity contribution is 0.102. The molecule has 4 rings (SSSR count). The number of rotatable bonds is 3. The monoisotopic (exact) mass is 342 g/mol. The standard InChI is InChI=1S/C22H18N2O2/c1-15-2-5-17-6-7-18(22(25)20(17)12-15)13-16-3-8-19(9-4-16)26-21-14-23-10-11-24-21/h2-5,8-14H,6-7H2,1H3/b18-13-. The third kappa shape index (κ3) is 3.40. The first-order valence-electron chi connectivity index (χ1n) is 8.58. The highest BCUT2D eigenvalue weighted by atomic mass is 16.5. The van der Waals surface area contributed by atoms with Crippen molar-refractivity contribution < 1.29 is 9.53 Å². The minimum absolute atomic E-state index is 0.134. The van der Waals surface area contributed by atoms with Gasteiger partial charge in [0.2, 0.25) is 5.88 Å². The van der Waals surface area contributed by atoms with Gasteiger partial charge in [0.15, 0.2) is 5.78 Å². The number of fused-ring (bicyclic) bond motifs is 1. The Balaban J connectivity index is 1.54. The molecule has 1 heterocycles. The molecule has 1 aromatic heterocycles. The van der Waals surface area contributed by atoms with E-state index in [0.717, 1.165) is 40.7 Å². The zero-order chi connectivity index (χ0) is 17.9. The van der Waals surface area contributed by atoms with Crippen molar-refractivity contribution in [1.29, 1.82) is 0 Å². The second kappa shape index (κ2) is 6.92. The van der Waals surface area contributed by atoms with Gasteiger partial charge in [-0.2, -0.15) is 0 Å². The summed E-state index contributed by atoms with van der Waals surface area (Å²) in [6.45, 7) is 2.02. The summed E-state index contributed by atoms with van der Waals surface area (Å²) in [6.07, 6.45) is 8.40. The average Bonchev–Trinajstić information content (AvgIpc) is 2.67. The van der Waals surface area contributed by atoms with E-state index in [2.05, 4.69) is 22.1 Å². The van der Waals surface area contributed by atoms with E-state index in [0.29, 0.717) is 11.6 Å². The lowest BCUT2D eigenvalue weighted by Crippen LogP contribution is -2.14. The topological polar surface area (TPSA) is 52.1 Å². The van der Waals surface area contributed by atoms with E-state index >= 15 is 0 Å². The number of ketones is 1. The number of aryl methyl sites for hydroxylation is 2. The highest BCUT2D eigenvalue weighted by Gasteiger charge is 2.21. The molecule has 4 heteroatoms. The van der Waals surface area contributed by atoms with E-state index in [1.807, 2.05) is 43.3 Å². The molecule has 26 heavy (non-hydrogen) atoms. The molecule has 1 aliphatic rings. The van der Waals surface area contributed by atoms with Gasteiger partial charge in [0.25, 0.3) is 0 Å². The summed E-state index contributed by atoms with van der Waals surface area (Å²) in [4.78, 5) is 20.8. The number of aromatic nitrogens is 2. The molecule has 0 saturated heterocycles. The quantitative estimate of drug-likeness (QED) is 0.642. The van der Waals surface area contributed by atoms with Gasteiger partial charge in [0.05, 0.1) is 6.20 Å². The first kappa shape index (κ1) is 16.2. The Bertz CT molecular complexity index is 977. The van der Waals surface area contributed by atoms with Crippen LogP contribution in [-0.2, 0) is 6.42 Å². The molecule has 0 unspecified atom stereocenters. The number of benzene rings is 2. The largest absolute Gasteiger partial charge is 0.438 e. The van der Waals surface area contributed by atoms with Crippen molar-refractivity contribution in [2.45, 2.75) is 19.8 Å². The number of hydrogen-bond acceptors (Lipinski definition) is 4. The molecule has 0 atom stereocenters. The van der Waals surface area contributed by atoms with Crippen LogP contribution >= 0.6 is 0 Å². The van der Waals surface area contributed by atoms with E-state index in [1.54, 1.807) is 18.6 Å². The summed E-state index contributed by atoms with van der Waals surface area (Å²) in [5, 5.41) is 0. The highest BCUT2D eigenvalue weighted by molar-refractivity contribution is 6.13. The predicted octanol–water partition coefficient (Wildman–Crippen LogP) is 4.79. The van der Waals surface area contributed by atoms with E-state index in [4.69, 9.17) is 4.74 Å². The van der Waals surface area contributed by atoms with Crippen molar-refractivity contribution in [3.8, 4) is 11.6 Å². The minimum Gasteiger partial charge on any atom is -0.438 e. The second-order valence-electron chi connectivity index (χ2n) is 6.37. The van der Waals surface area contributed by atoms with Crippen LogP contribution in [0, 0.1) is 6.92 Å². The van der Waals surface area contributed by atoms with Crippen molar-refractivity contribution in [2.75, 3.05) is 0 Å². The van der Waals surface area contributed by atoms with Crippen molar-refractivity contribution in [2.24, 2.45) is 0 Å². The molecule has 0 radical (unpaired) electrons. The van der Waals surface area contributed by atoms with Gasteiger partial charge in [0.1, 0.15) is 5.75 Å². The molecule has 0 aliphatic heterocycles. The van der Waals surface area contributed by atoms with Crippen LogP contribution in [0.25, 0.3) is 6.08 Å². The van der Waals surface area contributed by atoms with Crippen LogP contribution in [0.15, 0.2) is 66.6 Å². The molecule has 0 saturated carbocycles. The maximum atomic E-state index is 12.8. The summed E-state index contributed by atoms with van der Waals surface area (Å²) < 4.78 is 5.64. The molecular formula is C22H18N2O2. The van der Waals surface area contributed by atoms with Gasteiger partial charge in [0, 0.05) is 23.5 Å². The Hall–Kier alpha value is -3.27. The maximum Gasteiger partial charge on any atom is 0.237 e. The van der Waals surface area contributed by atoms with Crippen molar-refractivity contribution in [3.05, 3.63) is 88.9 Å². The zero-order valence-electron chi connectivity index (χ0n) is 14.5. The molecule has 4 nitrogen and oxygen atoms in total. The first-order valence-corrected chi connectivity index (χ1v) is 8.58. The molecule has 1 aliphatic carbocycles. The van der Waals surface area contributed by atoms with Gasteiger partial charge in [-0.1, -0.05) is 29.8 Å². The first-order chi connectivity index (χ1) is 12.7. The highest BCUT2D eigenvalue weighted by Crippen LogP contribution is 2.28. The van der Waals surface area contributed by atoms with Gasteiger partial charge >= 0.3 is 0 Å². The fourth-order valence-corrected chi connectivity index (χ4v) is 3.11. The van der Waals surface area contributed by atoms with Crippen LogP contribution in [0.1, 0.15) is 33.5 Å². The number of nitrogens with zero attached hydrogens (tertiary/aromatic N) is 2. The number of Topliss-reactive ketones (excluding diaryl/α,β-unsaturated/α-hetero) is 1. The molecule has 2 aromatic carbocycles. The van der Waals surface area contributed by atoms with Gasteiger partial charge in [-0.05, 0) is 55.2 Å². The molecule has 0 fully saturated rings. The second-order valence-corrected chi connectivity index (χ2v) is 6.37. The maximum absolute atomic E-state index is 12.8. The van der Waals surface area contributed by atoms with Crippen LogP contribution in [0.4, 0.5) is 0 Å². The Kier molecular flexibility index (Phi) is 4.32. The SMILES string of the molecule is Cc1ccc2c(c1)C(=O)/C(=C\c1ccc(Oc3cnccn3)cc1)CC2. The Morgan fingerprint density at radius 2 is 1.88 bits per heavy atom. The minimum atomic E-state index is 0.134. The van der Waals surface area contributed by atoms with Crippen LogP contribution in [0.2, 0.25) is 0 Å². The number of carbonyl (C=O) groups excluding carboxylic acids is 1. The molecule has 0 amide bonds. The zero-order valence-corrected chi connectivity index (χ0v) is 14.5. The molecule has 0 N–H and O–H groups in total.